The maximum absolute atomic E-state index is 15.1. The van der Waals surface area contributed by atoms with E-state index in [2.05, 4.69) is 36.0 Å². The second-order valence-corrected chi connectivity index (χ2v) is 22.3. The summed E-state index contributed by atoms with van der Waals surface area (Å²) in [5.41, 5.74) is 6.18. The monoisotopic (exact) mass is 1040 g/mol. The number of piperidine rings is 1. The first-order chi connectivity index (χ1) is 36.0. The van der Waals surface area contributed by atoms with Crippen LogP contribution < -0.4 is 20.8 Å². The summed E-state index contributed by atoms with van der Waals surface area (Å²) in [6, 6.07) is 11.2. The molecule has 3 N–H and O–H groups in total. The minimum atomic E-state index is -1.74. The molecule has 19 nitrogen and oxygen atoms in total. The van der Waals surface area contributed by atoms with E-state index in [9.17, 15) is 33.6 Å². The molecule has 22 heteroatoms. The number of carbonyl (C=O) groups is 7. The van der Waals surface area contributed by atoms with Crippen molar-refractivity contribution in [1.82, 2.24) is 40.5 Å². The molecule has 1 saturated carbocycles. The van der Waals surface area contributed by atoms with E-state index in [0.29, 0.717) is 74.1 Å². The van der Waals surface area contributed by atoms with Crippen LogP contribution in [0.2, 0.25) is 0 Å². The zero-order valence-electron chi connectivity index (χ0n) is 43.1. The largest absolute Gasteiger partial charge is 0.478 e. The molecule has 3 saturated heterocycles. The van der Waals surface area contributed by atoms with Gasteiger partial charge in [-0.15, -0.1) is 5.06 Å². The van der Waals surface area contributed by atoms with Crippen molar-refractivity contribution >= 4 is 74.5 Å². The van der Waals surface area contributed by atoms with Crippen molar-refractivity contribution in [2.24, 2.45) is 11.0 Å². The number of piperazine rings is 1. The molecule has 2 aliphatic carbocycles. The van der Waals surface area contributed by atoms with E-state index < -0.39 is 52.5 Å². The van der Waals surface area contributed by atoms with Gasteiger partial charge in [0.15, 0.2) is 0 Å². The number of hydrogen-bond donors (Lipinski definition) is 3. The number of benzene rings is 1. The molecule has 5 heterocycles. The number of pyridine rings is 2. The molecule has 1 aromatic carbocycles. The van der Waals surface area contributed by atoms with Gasteiger partial charge in [0, 0.05) is 132 Å². The summed E-state index contributed by atoms with van der Waals surface area (Å²) in [4.78, 5) is 107. The number of amides is 7. The smallest absolute Gasteiger partial charge is 0.333 e. The number of imide groups is 1. The molecule has 3 aromatic rings. The number of nitrogens with zero attached hydrogens (tertiary/aromatic N) is 7. The number of carbonyl (C=O) groups excluding carboxylic acids is 7. The molecule has 2 atom stereocenters. The highest BCUT2D eigenvalue weighted by Gasteiger charge is 2.44. The van der Waals surface area contributed by atoms with Crippen molar-refractivity contribution in [3.05, 3.63) is 83.1 Å². The number of urea groups is 1. The number of ether oxygens (including phenoxy) is 1. The molecule has 2 aromatic heterocycles. The van der Waals surface area contributed by atoms with Crippen LogP contribution in [0, 0.1) is 11.7 Å². The fourth-order valence-electron chi connectivity index (χ4n) is 9.22. The number of likely N-dealkylation sites (tertiary alicyclic amines) is 1. The van der Waals surface area contributed by atoms with E-state index in [0.717, 1.165) is 49.3 Å². The fraction of sp³-hybridized carbons (Fsp3) is 0.529. The second-order valence-electron chi connectivity index (χ2n) is 19.2. The van der Waals surface area contributed by atoms with Crippen molar-refractivity contribution in [2.75, 3.05) is 56.9 Å². The highest BCUT2D eigenvalue weighted by Crippen LogP contribution is 2.47. The van der Waals surface area contributed by atoms with Gasteiger partial charge in [0.05, 0.1) is 24.4 Å². The Morgan fingerprint density at radius 2 is 1.73 bits per heavy atom. The molecule has 8 rings (SSSR count). The van der Waals surface area contributed by atoms with E-state index >= 15 is 4.39 Å². The number of halogens is 1. The molecule has 5 aliphatic rings. The third kappa shape index (κ3) is 14.8. The Hall–Kier alpha value is -6.13. The van der Waals surface area contributed by atoms with Gasteiger partial charge in [-0.1, -0.05) is 33.7 Å². The second kappa shape index (κ2) is 24.7. The van der Waals surface area contributed by atoms with Crippen molar-refractivity contribution in [3.63, 3.8) is 0 Å². The summed E-state index contributed by atoms with van der Waals surface area (Å²) in [7, 11) is 3.14. The molecule has 7 amide bonds. The fourth-order valence-corrected chi connectivity index (χ4v) is 11.7. The van der Waals surface area contributed by atoms with Crippen LogP contribution in [0.25, 0.3) is 0 Å². The van der Waals surface area contributed by atoms with Gasteiger partial charge in [0.1, 0.15) is 5.82 Å². The summed E-state index contributed by atoms with van der Waals surface area (Å²) in [5.74, 6) is -3.55. The molecule has 0 spiro atoms. The van der Waals surface area contributed by atoms with Crippen LogP contribution in [0.1, 0.15) is 115 Å². The van der Waals surface area contributed by atoms with E-state index in [-0.39, 0.29) is 74.0 Å². The highest BCUT2D eigenvalue weighted by molar-refractivity contribution is 8.77. The van der Waals surface area contributed by atoms with Crippen molar-refractivity contribution in [1.29, 1.82) is 0 Å². The predicted molar refractivity (Wildman–Crippen MR) is 272 cm³/mol. The minimum Gasteiger partial charge on any atom is -0.478 e. The van der Waals surface area contributed by atoms with Crippen LogP contribution in [-0.4, -0.2) is 139 Å². The zero-order valence-corrected chi connectivity index (χ0v) is 42.7. The molecule has 390 valence electrons. The van der Waals surface area contributed by atoms with E-state index in [1.54, 1.807) is 63.1 Å². The van der Waals surface area contributed by atoms with Gasteiger partial charge < -0.3 is 30.0 Å². The number of aryl methyl sites for hydroxylation is 1. The van der Waals surface area contributed by atoms with Gasteiger partial charge >= 0.3 is 12.0 Å². The molecule has 0 bridgehead atoms. The van der Waals surface area contributed by atoms with Gasteiger partial charge in [-0.2, -0.15) is 5.10 Å². The summed E-state index contributed by atoms with van der Waals surface area (Å²) in [6.07, 6.45) is 6.08. The number of anilines is 1. The lowest BCUT2D eigenvalue weighted by molar-refractivity contribution is -0.197. The van der Waals surface area contributed by atoms with Crippen LogP contribution in [0.15, 0.2) is 60.0 Å². The van der Waals surface area contributed by atoms with Crippen molar-refractivity contribution in [3.8, 4) is 5.88 Å². The van der Waals surface area contributed by atoms with Gasteiger partial charge in [-0.25, -0.2) is 24.4 Å². The molecule has 3 aliphatic heterocycles. The van der Waals surface area contributed by atoms with Gasteiger partial charge in [-0.05, 0) is 94.5 Å². The maximum atomic E-state index is 15.1. The summed E-state index contributed by atoms with van der Waals surface area (Å²) in [6.45, 7) is 7.98. The first kappa shape index (κ1) is 50.4. The average Bonchev–Trinajstić information content (AvgIpc) is 3.90. The Kier molecular flexibility index (Phi) is 17.1. The number of hydrogen-bond acceptors (Lipinski definition) is 15. The highest BCUT2D eigenvalue weighted by atomic mass is 33.1. The zero-order chi connectivity index (χ0) is 53.3. The summed E-state index contributed by atoms with van der Waals surface area (Å²) < 4.78 is 37.0. The number of rotatable bonds is 20. The number of fused-ring (bicyclic) bond motifs is 1. The lowest BCUT2D eigenvalue weighted by Gasteiger charge is -2.42. The van der Waals surface area contributed by atoms with Crippen LogP contribution in [0.5, 0.6) is 5.88 Å². The predicted octanol–water partition coefficient (Wildman–Crippen LogP) is 5.74. The first-order valence-corrected chi connectivity index (χ1v) is 27.2. The number of nitrogens with one attached hydrogen (secondary N) is 3. The number of hydrazone groups is 1. The van der Waals surface area contributed by atoms with Gasteiger partial charge in [0.25, 0.3) is 11.8 Å². The van der Waals surface area contributed by atoms with E-state index in [1.807, 2.05) is 24.8 Å². The number of aromatic nitrogens is 2. The standard InChI is InChI=1S/C51H63FN10O9S2/c1-51(2,30-43(63)58-57-42-8-3-7-41-37(42)12-13-44(56-41)70-26-5-9-48(67)71-62-46(65)14-15-47(62)66)73-72-27-18-45(64)60-24-22-59(23-25-60)36-16-20-61(21-17-36)50(69)54-32-34-10-11-35(28-40(34)52)55-49(68)39-29-38(39)33-6-4-19-53-31-33/h4,6,10-13,19,28,31,36,38-39H,3,5,7-9,14-18,20-27,29-30,32H2,1-2H3,(H,54,69)(H,55,68)(H,58,63)/b57-42+/i29D2. The molecular formula is C51H63FN10O9S2. The Morgan fingerprint density at radius 3 is 2.47 bits per heavy atom. The van der Waals surface area contributed by atoms with Crippen molar-refractivity contribution < 1.29 is 50.3 Å². The van der Waals surface area contributed by atoms with Crippen LogP contribution in [0.4, 0.5) is 14.9 Å². The quantitative estimate of drug-likeness (QED) is 0.0532. The molecule has 4 fully saturated rings. The lowest BCUT2D eigenvalue weighted by atomic mass is 9.94. The molecule has 0 radical (unpaired) electrons. The molecule has 2 unspecified atom stereocenters. The Morgan fingerprint density at radius 1 is 0.945 bits per heavy atom. The molecule has 73 heavy (non-hydrogen) atoms. The average molecular weight is 1050 g/mol. The van der Waals surface area contributed by atoms with Crippen LogP contribution in [-0.2, 0) is 46.6 Å². The summed E-state index contributed by atoms with van der Waals surface area (Å²) >= 11 is 0. The normalized spacial score (nSPS) is 21.0. The van der Waals surface area contributed by atoms with Crippen molar-refractivity contribution in [2.45, 2.75) is 114 Å². The number of hydroxylamine groups is 2. The third-order valence-electron chi connectivity index (χ3n) is 13.2. The third-order valence-corrected chi connectivity index (χ3v) is 16.5. The van der Waals surface area contributed by atoms with Gasteiger partial charge in [-0.3, -0.25) is 33.9 Å². The topological polar surface area (TPSA) is 225 Å². The van der Waals surface area contributed by atoms with Gasteiger partial charge in [0.2, 0.25) is 23.6 Å². The van der Waals surface area contributed by atoms with E-state index in [1.165, 1.54) is 12.1 Å². The van der Waals surface area contributed by atoms with E-state index in [4.69, 9.17) is 12.3 Å². The molecular weight excluding hydrogens is 980 g/mol. The summed E-state index contributed by atoms with van der Waals surface area (Å²) in [5, 5.41) is 10.4. The SMILES string of the molecule is [2H]C1([2H])C(C(=O)Nc2ccc(CNC(=O)N3CCC(N4CCN(C(=O)CCSSC(C)(C)CC(=O)N/N=C5\CCCc6nc(OCCCC(=O)ON7C(=O)CCC7=O)ccc65)CC4)CC3)c(F)c2)C1c1cccnc1. The maximum Gasteiger partial charge on any atom is 0.333 e. The Bertz CT molecular complexity index is 2640. The Balaban J connectivity index is 0.670. The lowest BCUT2D eigenvalue weighted by Crippen LogP contribution is -2.55. The first-order valence-electron chi connectivity index (χ1n) is 25.9. The van der Waals surface area contributed by atoms with Crippen LogP contribution in [0.3, 0.4) is 0 Å². The minimum absolute atomic E-state index is 0.0327. The Labute approximate surface area is 434 Å². The van der Waals surface area contributed by atoms with Crippen LogP contribution >= 0.6 is 21.6 Å².